The molecule has 2 atom stereocenters. The van der Waals surface area contributed by atoms with Gasteiger partial charge in [0, 0.05) is 11.9 Å². The Balaban J connectivity index is 1.78. The van der Waals surface area contributed by atoms with Gasteiger partial charge in [0.05, 0.1) is 7.11 Å². The smallest absolute Gasteiger partial charge is 0.165 e. The second-order valence-corrected chi connectivity index (χ2v) is 5.49. The van der Waals surface area contributed by atoms with Gasteiger partial charge in [-0.25, -0.2) is 4.39 Å². The quantitative estimate of drug-likeness (QED) is 0.830. The predicted molar refractivity (Wildman–Crippen MR) is 71.6 cm³/mol. The van der Waals surface area contributed by atoms with Gasteiger partial charge in [0.2, 0.25) is 0 Å². The van der Waals surface area contributed by atoms with E-state index >= 15 is 0 Å². The highest BCUT2D eigenvalue weighted by atomic mass is 35.5. The first kappa shape index (κ1) is 13.6. The van der Waals surface area contributed by atoms with Crippen LogP contribution in [0.25, 0.3) is 0 Å². The molecule has 1 aromatic rings. The standard InChI is InChI=1S/C14H19ClFNO/c1-18-14-5-3-11(7-13(14)16)9-17-8-10-2-4-12(15)6-10/h3,5,7,10,12,17H,2,4,6,8-9H2,1H3. The van der Waals surface area contributed by atoms with Gasteiger partial charge in [-0.3, -0.25) is 0 Å². The van der Waals surface area contributed by atoms with Crippen molar-refractivity contribution < 1.29 is 9.13 Å². The van der Waals surface area contributed by atoms with Gasteiger partial charge in [-0.15, -0.1) is 11.6 Å². The molecule has 0 spiro atoms. The normalized spacial score (nSPS) is 23.3. The highest BCUT2D eigenvalue weighted by molar-refractivity contribution is 6.20. The molecule has 2 nitrogen and oxygen atoms in total. The fraction of sp³-hybridized carbons (Fsp3) is 0.571. The molecule has 0 amide bonds. The number of halogens is 2. The molecule has 1 fully saturated rings. The summed E-state index contributed by atoms with van der Waals surface area (Å²) in [5.74, 6) is 0.647. The van der Waals surface area contributed by atoms with E-state index in [1.165, 1.54) is 19.6 Å². The molecular weight excluding hydrogens is 253 g/mol. The lowest BCUT2D eigenvalue weighted by Crippen LogP contribution is -2.21. The molecule has 18 heavy (non-hydrogen) atoms. The molecule has 0 radical (unpaired) electrons. The van der Waals surface area contributed by atoms with Crippen LogP contribution in [0.2, 0.25) is 0 Å². The summed E-state index contributed by atoms with van der Waals surface area (Å²) in [5, 5.41) is 3.71. The zero-order valence-corrected chi connectivity index (χ0v) is 11.3. The van der Waals surface area contributed by atoms with Crippen LogP contribution in [-0.4, -0.2) is 19.0 Å². The van der Waals surface area contributed by atoms with Crippen LogP contribution in [0.4, 0.5) is 4.39 Å². The number of methoxy groups -OCH3 is 1. The first-order valence-electron chi connectivity index (χ1n) is 6.36. The van der Waals surface area contributed by atoms with Crippen LogP contribution in [0, 0.1) is 11.7 Å². The van der Waals surface area contributed by atoms with E-state index in [0.29, 0.717) is 23.6 Å². The Morgan fingerprint density at radius 3 is 2.89 bits per heavy atom. The van der Waals surface area contributed by atoms with Gasteiger partial charge < -0.3 is 10.1 Å². The minimum Gasteiger partial charge on any atom is -0.494 e. The second-order valence-electron chi connectivity index (χ2n) is 4.88. The van der Waals surface area contributed by atoms with Crippen molar-refractivity contribution in [2.75, 3.05) is 13.7 Å². The second kappa shape index (κ2) is 6.39. The summed E-state index contributed by atoms with van der Waals surface area (Å²) in [6, 6.07) is 5.06. The van der Waals surface area contributed by atoms with Crippen molar-refractivity contribution in [3.05, 3.63) is 29.6 Å². The Morgan fingerprint density at radius 2 is 2.28 bits per heavy atom. The number of hydrogen-bond donors (Lipinski definition) is 1. The van der Waals surface area contributed by atoms with Crippen LogP contribution >= 0.6 is 11.6 Å². The molecule has 2 rings (SSSR count). The average Bonchev–Trinajstić information content (AvgIpc) is 2.75. The van der Waals surface area contributed by atoms with Crippen LogP contribution in [0.1, 0.15) is 24.8 Å². The van der Waals surface area contributed by atoms with Crippen LogP contribution in [0.5, 0.6) is 5.75 Å². The van der Waals surface area contributed by atoms with Gasteiger partial charge in [-0.05, 0) is 49.4 Å². The van der Waals surface area contributed by atoms with Crippen molar-refractivity contribution in [3.63, 3.8) is 0 Å². The molecule has 1 aromatic carbocycles. The number of hydrogen-bond acceptors (Lipinski definition) is 2. The molecule has 1 saturated carbocycles. The van der Waals surface area contributed by atoms with Crippen molar-refractivity contribution in [1.82, 2.24) is 5.32 Å². The summed E-state index contributed by atoms with van der Waals surface area (Å²) in [4.78, 5) is 0. The summed E-state index contributed by atoms with van der Waals surface area (Å²) >= 11 is 6.07. The summed E-state index contributed by atoms with van der Waals surface area (Å²) in [6.45, 7) is 1.64. The Bertz CT molecular complexity index is 399. The molecule has 0 aromatic heterocycles. The zero-order chi connectivity index (χ0) is 13.0. The fourth-order valence-electron chi connectivity index (χ4n) is 2.44. The van der Waals surface area contributed by atoms with Gasteiger partial charge >= 0.3 is 0 Å². The monoisotopic (exact) mass is 271 g/mol. The Kier molecular flexibility index (Phi) is 4.84. The van der Waals surface area contributed by atoms with Crippen molar-refractivity contribution in [1.29, 1.82) is 0 Å². The zero-order valence-electron chi connectivity index (χ0n) is 10.6. The van der Waals surface area contributed by atoms with E-state index in [4.69, 9.17) is 16.3 Å². The van der Waals surface area contributed by atoms with Gasteiger partial charge in [0.15, 0.2) is 11.6 Å². The lowest BCUT2D eigenvalue weighted by atomic mass is 10.1. The van der Waals surface area contributed by atoms with Crippen LogP contribution < -0.4 is 10.1 Å². The largest absolute Gasteiger partial charge is 0.494 e. The van der Waals surface area contributed by atoms with Crippen LogP contribution in [0.15, 0.2) is 18.2 Å². The number of benzene rings is 1. The molecule has 2 unspecified atom stereocenters. The summed E-state index contributed by atoms with van der Waals surface area (Å²) in [6.07, 6.45) is 3.40. The lowest BCUT2D eigenvalue weighted by Gasteiger charge is -2.11. The molecule has 1 N–H and O–H groups in total. The number of nitrogens with one attached hydrogen (secondary N) is 1. The number of alkyl halides is 1. The Morgan fingerprint density at radius 1 is 1.44 bits per heavy atom. The maximum absolute atomic E-state index is 13.5. The highest BCUT2D eigenvalue weighted by Crippen LogP contribution is 2.28. The third-order valence-corrected chi connectivity index (χ3v) is 3.85. The molecule has 0 heterocycles. The van der Waals surface area contributed by atoms with Gasteiger partial charge in [-0.2, -0.15) is 0 Å². The summed E-state index contributed by atoms with van der Waals surface area (Å²) < 4.78 is 18.3. The third kappa shape index (κ3) is 3.59. The highest BCUT2D eigenvalue weighted by Gasteiger charge is 2.22. The van der Waals surface area contributed by atoms with E-state index in [2.05, 4.69) is 5.32 Å². The minimum absolute atomic E-state index is 0.291. The average molecular weight is 272 g/mol. The molecule has 4 heteroatoms. The van der Waals surface area contributed by atoms with Crippen molar-refractivity contribution >= 4 is 11.6 Å². The van der Waals surface area contributed by atoms with E-state index in [1.807, 2.05) is 6.07 Å². The molecule has 100 valence electrons. The maximum atomic E-state index is 13.5. The van der Waals surface area contributed by atoms with E-state index < -0.39 is 0 Å². The first-order chi connectivity index (χ1) is 8.69. The Labute approximate surface area is 112 Å². The maximum Gasteiger partial charge on any atom is 0.165 e. The summed E-state index contributed by atoms with van der Waals surface area (Å²) in [5.41, 5.74) is 0.939. The SMILES string of the molecule is COc1ccc(CNCC2CCC(Cl)C2)cc1F. The van der Waals surface area contributed by atoms with Crippen molar-refractivity contribution in [3.8, 4) is 5.75 Å². The van der Waals surface area contributed by atoms with E-state index in [0.717, 1.165) is 24.9 Å². The van der Waals surface area contributed by atoms with E-state index in [-0.39, 0.29) is 5.82 Å². The summed E-state index contributed by atoms with van der Waals surface area (Å²) in [7, 11) is 1.47. The molecule has 0 bridgehead atoms. The Hall–Kier alpha value is -0.800. The molecule has 1 aliphatic rings. The van der Waals surface area contributed by atoms with Gasteiger partial charge in [-0.1, -0.05) is 6.07 Å². The van der Waals surface area contributed by atoms with Crippen LogP contribution in [0.3, 0.4) is 0 Å². The van der Waals surface area contributed by atoms with E-state index in [1.54, 1.807) is 6.07 Å². The minimum atomic E-state index is -0.307. The fourth-order valence-corrected chi connectivity index (χ4v) is 2.82. The molecular formula is C14H19ClFNO. The number of rotatable bonds is 5. The molecule has 0 saturated heterocycles. The van der Waals surface area contributed by atoms with Gasteiger partial charge in [0.1, 0.15) is 0 Å². The first-order valence-corrected chi connectivity index (χ1v) is 6.80. The topological polar surface area (TPSA) is 21.3 Å². The molecule has 0 aliphatic heterocycles. The van der Waals surface area contributed by atoms with Crippen molar-refractivity contribution in [2.24, 2.45) is 5.92 Å². The van der Waals surface area contributed by atoms with Crippen molar-refractivity contribution in [2.45, 2.75) is 31.2 Å². The predicted octanol–water partition coefficient (Wildman–Crippen LogP) is 3.33. The third-order valence-electron chi connectivity index (χ3n) is 3.46. The van der Waals surface area contributed by atoms with Gasteiger partial charge in [0.25, 0.3) is 0 Å². The van der Waals surface area contributed by atoms with E-state index in [9.17, 15) is 4.39 Å². The lowest BCUT2D eigenvalue weighted by molar-refractivity contribution is 0.386. The molecule has 1 aliphatic carbocycles. The van der Waals surface area contributed by atoms with Crippen LogP contribution in [-0.2, 0) is 6.54 Å². The number of ether oxygens (including phenoxy) is 1.